The van der Waals surface area contributed by atoms with Gasteiger partial charge in [0.1, 0.15) is 23.2 Å². The number of benzene rings is 1. The minimum absolute atomic E-state index is 0.0762. The van der Waals surface area contributed by atoms with Crippen molar-refractivity contribution in [1.29, 1.82) is 0 Å². The maximum Gasteiger partial charge on any atom is 0.339 e. The second kappa shape index (κ2) is 6.10. The van der Waals surface area contributed by atoms with E-state index in [0.29, 0.717) is 18.1 Å². The first kappa shape index (κ1) is 13.3. The van der Waals surface area contributed by atoms with Crippen LogP contribution in [0.25, 0.3) is 0 Å². The molecule has 0 aliphatic rings. The molecule has 5 nitrogen and oxygen atoms in total. The van der Waals surface area contributed by atoms with Crippen LogP contribution < -0.4 is 9.47 Å². The second-order valence-electron chi connectivity index (χ2n) is 3.55. The third kappa shape index (κ3) is 3.64. The van der Waals surface area contributed by atoms with Gasteiger partial charge in [-0.15, -0.1) is 0 Å². The quantitative estimate of drug-likeness (QED) is 0.821. The molecule has 94 valence electrons. The van der Waals surface area contributed by atoms with Crippen LogP contribution >= 0.6 is 0 Å². The molecule has 0 spiro atoms. The Bertz CT molecular complexity index is 388. The molecule has 0 radical (unpaired) electrons. The zero-order chi connectivity index (χ0) is 12.8. The normalized spacial score (nSPS) is 11.9. The summed E-state index contributed by atoms with van der Waals surface area (Å²) in [5, 5.41) is 9.06. The van der Waals surface area contributed by atoms with Crippen molar-refractivity contribution >= 4 is 5.97 Å². The van der Waals surface area contributed by atoms with E-state index in [1.54, 1.807) is 26.2 Å². The van der Waals surface area contributed by atoms with Gasteiger partial charge in [0.15, 0.2) is 0 Å². The van der Waals surface area contributed by atoms with Gasteiger partial charge in [0.2, 0.25) is 0 Å². The molecule has 1 aromatic rings. The van der Waals surface area contributed by atoms with Gasteiger partial charge >= 0.3 is 5.97 Å². The summed E-state index contributed by atoms with van der Waals surface area (Å²) in [6.45, 7) is 2.20. The first-order chi connectivity index (χ1) is 8.08. The van der Waals surface area contributed by atoms with Crippen LogP contribution in [0, 0.1) is 0 Å². The van der Waals surface area contributed by atoms with Crippen LogP contribution in [0.15, 0.2) is 18.2 Å². The van der Waals surface area contributed by atoms with E-state index in [2.05, 4.69) is 0 Å². The predicted molar refractivity (Wildman–Crippen MR) is 61.9 cm³/mol. The van der Waals surface area contributed by atoms with E-state index in [1.165, 1.54) is 13.2 Å². The van der Waals surface area contributed by atoms with Crippen molar-refractivity contribution in [2.75, 3.05) is 20.8 Å². The standard InChI is InChI=1S/C12H16O5/c1-8(7-15-2)17-11-5-4-9(16-3)6-10(11)12(13)14/h4-6,8H,7H2,1-3H3,(H,13,14). The Balaban J connectivity index is 2.94. The summed E-state index contributed by atoms with van der Waals surface area (Å²) in [5.74, 6) is -0.263. The zero-order valence-corrected chi connectivity index (χ0v) is 10.1. The summed E-state index contributed by atoms with van der Waals surface area (Å²) in [4.78, 5) is 11.1. The van der Waals surface area contributed by atoms with Gasteiger partial charge in [-0.25, -0.2) is 4.79 Å². The minimum Gasteiger partial charge on any atom is -0.497 e. The molecule has 1 atom stereocenters. The number of hydrogen-bond acceptors (Lipinski definition) is 4. The Kier molecular flexibility index (Phi) is 4.78. The van der Waals surface area contributed by atoms with Gasteiger partial charge in [-0.05, 0) is 25.1 Å². The summed E-state index contributed by atoms with van der Waals surface area (Å²) in [7, 11) is 3.04. The maximum atomic E-state index is 11.1. The van der Waals surface area contributed by atoms with E-state index in [9.17, 15) is 4.79 Å². The molecule has 0 fully saturated rings. The van der Waals surface area contributed by atoms with Crippen molar-refractivity contribution in [3.05, 3.63) is 23.8 Å². The SMILES string of the molecule is COCC(C)Oc1ccc(OC)cc1C(=O)O. The number of carbonyl (C=O) groups is 1. The van der Waals surface area contributed by atoms with Crippen molar-refractivity contribution in [2.24, 2.45) is 0 Å². The lowest BCUT2D eigenvalue weighted by Crippen LogP contribution is -2.19. The number of rotatable bonds is 6. The van der Waals surface area contributed by atoms with Gasteiger partial charge in [-0.2, -0.15) is 0 Å². The molecule has 1 aromatic carbocycles. The van der Waals surface area contributed by atoms with Gasteiger partial charge in [-0.1, -0.05) is 0 Å². The number of aromatic carboxylic acids is 1. The average Bonchev–Trinajstić information content (AvgIpc) is 2.29. The number of methoxy groups -OCH3 is 2. The van der Waals surface area contributed by atoms with Crippen molar-refractivity contribution in [3.63, 3.8) is 0 Å². The topological polar surface area (TPSA) is 65.0 Å². The molecule has 17 heavy (non-hydrogen) atoms. The fourth-order valence-corrected chi connectivity index (χ4v) is 1.39. The third-order valence-corrected chi connectivity index (χ3v) is 2.15. The van der Waals surface area contributed by atoms with E-state index in [-0.39, 0.29) is 11.7 Å². The summed E-state index contributed by atoms with van der Waals surface area (Å²) in [5.41, 5.74) is 0.0762. The van der Waals surface area contributed by atoms with Crippen molar-refractivity contribution in [2.45, 2.75) is 13.0 Å². The molecule has 0 aliphatic carbocycles. The van der Waals surface area contributed by atoms with Crippen LogP contribution in [-0.4, -0.2) is 38.0 Å². The number of hydrogen-bond donors (Lipinski definition) is 1. The Morgan fingerprint density at radius 2 is 2.12 bits per heavy atom. The summed E-state index contributed by atoms with van der Waals surface area (Å²) >= 11 is 0. The Morgan fingerprint density at radius 1 is 1.41 bits per heavy atom. The van der Waals surface area contributed by atoms with E-state index in [0.717, 1.165) is 0 Å². The van der Waals surface area contributed by atoms with Crippen LogP contribution in [0.4, 0.5) is 0 Å². The highest BCUT2D eigenvalue weighted by Crippen LogP contribution is 2.25. The second-order valence-corrected chi connectivity index (χ2v) is 3.55. The van der Waals surface area contributed by atoms with Gasteiger partial charge < -0.3 is 19.3 Å². The van der Waals surface area contributed by atoms with E-state index >= 15 is 0 Å². The van der Waals surface area contributed by atoms with E-state index in [1.807, 2.05) is 0 Å². The highest BCUT2D eigenvalue weighted by molar-refractivity contribution is 5.91. The molecular formula is C12H16O5. The number of ether oxygens (including phenoxy) is 3. The van der Waals surface area contributed by atoms with Crippen LogP contribution in [0.5, 0.6) is 11.5 Å². The van der Waals surface area contributed by atoms with Crippen LogP contribution in [0.2, 0.25) is 0 Å². The molecule has 0 aromatic heterocycles. The van der Waals surface area contributed by atoms with Gasteiger partial charge in [0.05, 0.1) is 13.7 Å². The summed E-state index contributed by atoms with van der Waals surface area (Å²) < 4.78 is 15.4. The number of carboxylic acid groups (broad SMARTS) is 1. The fourth-order valence-electron chi connectivity index (χ4n) is 1.39. The molecule has 0 aliphatic heterocycles. The van der Waals surface area contributed by atoms with Crippen molar-refractivity contribution < 1.29 is 24.1 Å². The fraction of sp³-hybridized carbons (Fsp3) is 0.417. The smallest absolute Gasteiger partial charge is 0.339 e. The van der Waals surface area contributed by atoms with E-state index < -0.39 is 5.97 Å². The van der Waals surface area contributed by atoms with Gasteiger partial charge in [-0.3, -0.25) is 0 Å². The first-order valence-corrected chi connectivity index (χ1v) is 5.15. The largest absolute Gasteiger partial charge is 0.497 e. The Morgan fingerprint density at radius 3 is 2.65 bits per heavy atom. The molecule has 0 amide bonds. The summed E-state index contributed by atoms with van der Waals surface area (Å²) in [6, 6.07) is 4.66. The Hall–Kier alpha value is -1.75. The lowest BCUT2D eigenvalue weighted by Gasteiger charge is -2.15. The predicted octanol–water partition coefficient (Wildman–Crippen LogP) is 1.81. The van der Waals surface area contributed by atoms with Crippen LogP contribution in [0.1, 0.15) is 17.3 Å². The van der Waals surface area contributed by atoms with Crippen LogP contribution in [0.3, 0.4) is 0 Å². The molecule has 1 rings (SSSR count). The molecule has 1 N–H and O–H groups in total. The zero-order valence-electron chi connectivity index (χ0n) is 10.1. The molecule has 0 saturated carbocycles. The lowest BCUT2D eigenvalue weighted by atomic mass is 10.2. The number of carboxylic acids is 1. The molecular weight excluding hydrogens is 224 g/mol. The average molecular weight is 240 g/mol. The van der Waals surface area contributed by atoms with Gasteiger partial charge in [0.25, 0.3) is 0 Å². The molecule has 0 bridgehead atoms. The van der Waals surface area contributed by atoms with Crippen molar-refractivity contribution in [1.82, 2.24) is 0 Å². The lowest BCUT2D eigenvalue weighted by molar-refractivity contribution is 0.0673. The minimum atomic E-state index is -1.05. The third-order valence-electron chi connectivity index (χ3n) is 2.15. The highest BCUT2D eigenvalue weighted by atomic mass is 16.5. The monoisotopic (exact) mass is 240 g/mol. The molecule has 0 saturated heterocycles. The maximum absolute atomic E-state index is 11.1. The highest BCUT2D eigenvalue weighted by Gasteiger charge is 2.15. The first-order valence-electron chi connectivity index (χ1n) is 5.15. The van der Waals surface area contributed by atoms with Crippen LogP contribution in [-0.2, 0) is 4.74 Å². The molecule has 5 heteroatoms. The molecule has 1 unspecified atom stereocenters. The molecule has 0 heterocycles. The van der Waals surface area contributed by atoms with Gasteiger partial charge in [0, 0.05) is 7.11 Å². The van der Waals surface area contributed by atoms with Crippen molar-refractivity contribution in [3.8, 4) is 11.5 Å². The Labute approximate surface area is 99.9 Å². The van der Waals surface area contributed by atoms with E-state index in [4.69, 9.17) is 19.3 Å². The summed E-state index contributed by atoms with van der Waals surface area (Å²) in [6.07, 6.45) is -0.216.